The molecule has 0 aliphatic heterocycles. The van der Waals surface area contributed by atoms with Crippen molar-refractivity contribution in [2.24, 2.45) is 0 Å². The van der Waals surface area contributed by atoms with E-state index in [-0.39, 0.29) is 0 Å². The molecule has 0 saturated carbocycles. The first-order valence-corrected chi connectivity index (χ1v) is 31.5. The molecule has 2 heterocycles. The van der Waals surface area contributed by atoms with Crippen LogP contribution in [0.25, 0.3) is 152 Å². The number of hydrogen-bond donors (Lipinski definition) is 0. The summed E-state index contributed by atoms with van der Waals surface area (Å²) in [6, 6.07) is 111. The summed E-state index contributed by atoms with van der Waals surface area (Å²) in [5.74, 6) is 0. The van der Waals surface area contributed by atoms with Gasteiger partial charge in [-0.05, 0) is 205 Å². The number of hydrogen-bond acceptors (Lipinski definition) is 2. The van der Waals surface area contributed by atoms with Gasteiger partial charge in [-0.1, -0.05) is 269 Å². The van der Waals surface area contributed by atoms with Crippen molar-refractivity contribution in [2.75, 3.05) is 0 Å². The van der Waals surface area contributed by atoms with Crippen molar-refractivity contribution in [3.05, 3.63) is 313 Å². The molecule has 0 radical (unpaired) electrons. The topological polar surface area (TPSA) is 0 Å². The van der Waals surface area contributed by atoms with Gasteiger partial charge in [0.15, 0.2) is 0 Å². The highest BCUT2D eigenvalue weighted by molar-refractivity contribution is 7.15. The summed E-state index contributed by atoms with van der Waals surface area (Å²) < 4.78 is 0. The van der Waals surface area contributed by atoms with Crippen LogP contribution in [0, 0.1) is 13.8 Å². The van der Waals surface area contributed by atoms with Gasteiger partial charge in [-0.25, -0.2) is 0 Å². The minimum Gasteiger partial charge on any atom is -0.141 e. The van der Waals surface area contributed by atoms with E-state index in [0.717, 1.165) is 0 Å². The molecule has 0 aliphatic carbocycles. The summed E-state index contributed by atoms with van der Waals surface area (Å²) in [7, 11) is 0. The molecule has 0 spiro atoms. The fraction of sp³-hybridized carbons (Fsp3) is 0.0476. The molecule has 0 unspecified atom stereocenters. The van der Waals surface area contributed by atoms with Crippen molar-refractivity contribution in [1.82, 2.24) is 0 Å². The van der Waals surface area contributed by atoms with Crippen molar-refractivity contribution in [3.63, 3.8) is 0 Å². The molecule has 410 valence electrons. The van der Waals surface area contributed by atoms with Gasteiger partial charge in [0.1, 0.15) is 0 Å². The van der Waals surface area contributed by atoms with E-state index < -0.39 is 0 Å². The van der Waals surface area contributed by atoms with Gasteiger partial charge in [0, 0.05) is 19.5 Å². The molecule has 0 fully saturated rings. The van der Waals surface area contributed by atoms with Gasteiger partial charge in [-0.15, -0.1) is 22.7 Å². The lowest BCUT2D eigenvalue weighted by atomic mass is 9.84. The zero-order valence-electron chi connectivity index (χ0n) is 48.7. The Kier molecular flexibility index (Phi) is 14.8. The maximum absolute atomic E-state index is 2.40. The summed E-state index contributed by atoms with van der Waals surface area (Å²) in [5.41, 5.74) is 17.6. The SMILES string of the molecule is CC.Cc1ccc(-c2ccc(-c3c4ccccc4c(-c4ccc(-c5ccc(C)s5)cc4)c4cc5ccccc5cc34)cc2)s1.c1ccc(-c2ccc(-c3c4ccccc4c(-c4ccc(-c5ccccc5)cc4)c4cc5ccccc5cc34)cc2)cc1. The van der Waals surface area contributed by atoms with E-state index in [1.807, 2.05) is 36.5 Å². The van der Waals surface area contributed by atoms with E-state index in [4.69, 9.17) is 0 Å². The molecule has 2 heteroatoms. The Balaban J connectivity index is 0.000000148. The highest BCUT2D eigenvalue weighted by Crippen LogP contribution is 2.48. The van der Waals surface area contributed by atoms with E-state index >= 15 is 0 Å². The van der Waals surface area contributed by atoms with Crippen molar-refractivity contribution in [2.45, 2.75) is 27.7 Å². The average Bonchev–Trinajstić information content (AvgIpc) is 1.31. The van der Waals surface area contributed by atoms with Crippen LogP contribution in [0.15, 0.2) is 303 Å². The van der Waals surface area contributed by atoms with Gasteiger partial charge >= 0.3 is 0 Å². The zero-order valence-corrected chi connectivity index (χ0v) is 50.3. The van der Waals surface area contributed by atoms with E-state index in [2.05, 4.69) is 317 Å². The number of aryl methyl sites for hydroxylation is 2. The summed E-state index contributed by atoms with van der Waals surface area (Å²) in [5, 5.41) is 15.3. The van der Waals surface area contributed by atoms with Crippen LogP contribution in [-0.4, -0.2) is 0 Å². The van der Waals surface area contributed by atoms with Gasteiger partial charge in [-0.3, -0.25) is 0 Å². The number of rotatable bonds is 8. The third-order valence-corrected chi connectivity index (χ3v) is 18.8. The molecular weight excluding hydrogens is 1070 g/mol. The second-order valence-corrected chi connectivity index (χ2v) is 24.5. The lowest BCUT2D eigenvalue weighted by Gasteiger charge is -2.19. The molecule has 2 aromatic heterocycles. The molecule has 0 saturated heterocycles. The Hall–Kier alpha value is -9.96. The van der Waals surface area contributed by atoms with Crippen molar-refractivity contribution in [1.29, 1.82) is 0 Å². The molecule has 0 atom stereocenters. The van der Waals surface area contributed by atoms with Crippen molar-refractivity contribution in [3.8, 4) is 87.6 Å². The third kappa shape index (κ3) is 10.3. The predicted octanol–water partition coefficient (Wildman–Crippen LogP) is 25.4. The van der Waals surface area contributed by atoms with Crippen LogP contribution in [0.2, 0.25) is 0 Å². The van der Waals surface area contributed by atoms with Crippen LogP contribution >= 0.6 is 22.7 Å². The van der Waals surface area contributed by atoms with Gasteiger partial charge in [0.2, 0.25) is 0 Å². The lowest BCUT2D eigenvalue weighted by Crippen LogP contribution is -1.92. The monoisotopic (exact) mass is 1130 g/mol. The maximum Gasteiger partial charge on any atom is 0.0345 e. The van der Waals surface area contributed by atoms with Crippen LogP contribution in [-0.2, 0) is 0 Å². The van der Waals surface area contributed by atoms with Crippen LogP contribution in [0.3, 0.4) is 0 Å². The van der Waals surface area contributed by atoms with Gasteiger partial charge < -0.3 is 0 Å². The normalized spacial score (nSPS) is 11.3. The van der Waals surface area contributed by atoms with E-state index in [1.54, 1.807) is 0 Å². The van der Waals surface area contributed by atoms with E-state index in [1.165, 1.54) is 162 Å². The lowest BCUT2D eigenvalue weighted by molar-refractivity contribution is 1.50. The average molecular weight is 1140 g/mol. The Labute approximate surface area is 512 Å². The highest BCUT2D eigenvalue weighted by atomic mass is 32.1. The van der Waals surface area contributed by atoms with E-state index in [0.29, 0.717) is 0 Å². The Morgan fingerprint density at radius 1 is 0.186 bits per heavy atom. The largest absolute Gasteiger partial charge is 0.141 e. The molecule has 16 rings (SSSR count). The molecule has 0 bridgehead atoms. The molecule has 0 N–H and O–H groups in total. The molecule has 0 amide bonds. The third-order valence-electron chi connectivity index (χ3n) is 16.7. The minimum atomic E-state index is 1.23. The molecule has 14 aromatic carbocycles. The summed E-state index contributed by atoms with van der Waals surface area (Å²) in [6.45, 7) is 8.34. The summed E-state index contributed by atoms with van der Waals surface area (Å²) in [6.07, 6.45) is 0. The fourth-order valence-corrected chi connectivity index (χ4v) is 14.4. The number of benzene rings is 14. The van der Waals surface area contributed by atoms with Crippen LogP contribution in [0.1, 0.15) is 23.6 Å². The first-order chi connectivity index (χ1) is 42.5. The molecule has 0 nitrogen and oxygen atoms in total. The first-order valence-electron chi connectivity index (χ1n) is 29.9. The Morgan fingerprint density at radius 3 is 0.663 bits per heavy atom. The second-order valence-electron chi connectivity index (χ2n) is 21.9. The van der Waals surface area contributed by atoms with Gasteiger partial charge in [-0.2, -0.15) is 0 Å². The molecule has 0 aliphatic rings. The van der Waals surface area contributed by atoms with Crippen LogP contribution < -0.4 is 0 Å². The Morgan fingerprint density at radius 2 is 0.407 bits per heavy atom. The Bertz CT molecular complexity index is 4760. The van der Waals surface area contributed by atoms with Gasteiger partial charge in [0.05, 0.1) is 0 Å². The molecule has 86 heavy (non-hydrogen) atoms. The fourth-order valence-electron chi connectivity index (χ4n) is 12.7. The summed E-state index contributed by atoms with van der Waals surface area (Å²) in [4.78, 5) is 5.31. The zero-order chi connectivity index (χ0) is 58.1. The van der Waals surface area contributed by atoms with Crippen LogP contribution in [0.5, 0.6) is 0 Å². The van der Waals surface area contributed by atoms with Crippen molar-refractivity contribution < 1.29 is 0 Å². The smallest absolute Gasteiger partial charge is 0.0345 e. The predicted molar refractivity (Wildman–Crippen MR) is 378 cm³/mol. The quantitative estimate of drug-likeness (QED) is 0.133. The van der Waals surface area contributed by atoms with E-state index in [9.17, 15) is 0 Å². The standard InChI is InChI=1S/C42H28.C40H28S2.C2H6/c1-3-11-29(12-4-1)31-19-23-33(24-20-31)41-37-17-9-10-18-38(37)42(40-28-36-16-8-7-15-35(36)27-39(40)41)34-25-21-32(22-26-34)30-13-5-2-6-14-30;1-25-11-21-37(41-25)27-13-17-29(18-14-27)39-33-9-5-6-10-34(33)40(36-24-32-8-4-3-7-31(32)23-35(36)39)30-19-15-28(16-20-30)38-22-12-26(2)42-38;1-2/h1-28H;3-24H,1-2H3;1-2H3. The molecular formula is C84H62S2. The van der Waals surface area contributed by atoms with Crippen LogP contribution in [0.4, 0.5) is 0 Å². The maximum atomic E-state index is 2.40. The molecule has 16 aromatic rings. The summed E-state index contributed by atoms with van der Waals surface area (Å²) >= 11 is 3.70. The van der Waals surface area contributed by atoms with Gasteiger partial charge in [0.25, 0.3) is 0 Å². The number of thiophene rings is 2. The second kappa shape index (κ2) is 23.6. The first kappa shape index (κ1) is 54.0. The van der Waals surface area contributed by atoms with Crippen molar-refractivity contribution >= 4 is 87.3 Å². The minimum absolute atomic E-state index is 1.23. The highest BCUT2D eigenvalue weighted by Gasteiger charge is 2.20. The number of fused-ring (bicyclic) bond motifs is 6.